The molecule has 1 N–H and O–H groups in total. The predicted octanol–water partition coefficient (Wildman–Crippen LogP) is 0.391. The van der Waals surface area contributed by atoms with Gasteiger partial charge in [-0.2, -0.15) is 0 Å². The van der Waals surface area contributed by atoms with E-state index in [4.69, 9.17) is 4.74 Å². The van der Waals surface area contributed by atoms with E-state index in [9.17, 15) is 0 Å². The van der Waals surface area contributed by atoms with E-state index < -0.39 is 0 Å². The number of morpholine rings is 1. The molecule has 3 unspecified atom stereocenters. The molecule has 0 saturated carbocycles. The Kier molecular flexibility index (Phi) is 4.19. The van der Waals surface area contributed by atoms with Gasteiger partial charge < -0.3 is 19.9 Å². The highest BCUT2D eigenvalue weighted by atomic mass is 16.5. The Labute approximate surface area is 111 Å². The van der Waals surface area contributed by atoms with Crippen LogP contribution in [0.5, 0.6) is 0 Å². The standard InChI is InChI=1S/C14H27N3O/c1-16-7-8-18-13(10-16)11-17-6-4-14-12(9-17)3-2-5-15-14/h12-15H,2-11H2,1H3. The molecule has 3 rings (SSSR count). The summed E-state index contributed by atoms with van der Waals surface area (Å²) < 4.78 is 5.89. The fraction of sp³-hybridized carbons (Fsp3) is 1.00. The summed E-state index contributed by atoms with van der Waals surface area (Å²) in [6, 6.07) is 0.796. The number of hydrogen-bond acceptors (Lipinski definition) is 4. The van der Waals surface area contributed by atoms with Crippen LogP contribution in [0.4, 0.5) is 0 Å². The zero-order chi connectivity index (χ0) is 12.4. The van der Waals surface area contributed by atoms with Crippen molar-refractivity contribution in [1.82, 2.24) is 15.1 Å². The van der Waals surface area contributed by atoms with Gasteiger partial charge in [0, 0.05) is 32.2 Å². The quantitative estimate of drug-likeness (QED) is 0.770. The van der Waals surface area contributed by atoms with Crippen molar-refractivity contribution in [3.8, 4) is 0 Å². The largest absolute Gasteiger partial charge is 0.374 e. The SMILES string of the molecule is CN1CCOC(CN2CCC3NCCCC3C2)C1. The van der Waals surface area contributed by atoms with E-state index >= 15 is 0 Å². The molecule has 0 aromatic rings. The van der Waals surface area contributed by atoms with Crippen LogP contribution < -0.4 is 5.32 Å². The van der Waals surface area contributed by atoms with E-state index in [1.807, 2.05) is 0 Å². The molecule has 3 aliphatic rings. The molecule has 3 fully saturated rings. The fourth-order valence-electron chi connectivity index (χ4n) is 3.75. The van der Waals surface area contributed by atoms with Crippen LogP contribution >= 0.6 is 0 Å². The molecule has 0 amide bonds. The van der Waals surface area contributed by atoms with E-state index in [-0.39, 0.29) is 0 Å². The number of nitrogens with zero attached hydrogens (tertiary/aromatic N) is 2. The third-order valence-corrected chi connectivity index (χ3v) is 4.78. The maximum Gasteiger partial charge on any atom is 0.0829 e. The van der Waals surface area contributed by atoms with Gasteiger partial charge in [0.25, 0.3) is 0 Å². The molecule has 3 aliphatic heterocycles. The van der Waals surface area contributed by atoms with Gasteiger partial charge in [-0.3, -0.25) is 0 Å². The van der Waals surface area contributed by atoms with E-state index in [0.29, 0.717) is 6.10 Å². The Morgan fingerprint density at radius 2 is 2.17 bits per heavy atom. The maximum atomic E-state index is 5.89. The average Bonchev–Trinajstić information content (AvgIpc) is 2.39. The van der Waals surface area contributed by atoms with E-state index in [2.05, 4.69) is 22.2 Å². The Balaban J connectivity index is 1.48. The van der Waals surface area contributed by atoms with Crippen molar-refractivity contribution in [1.29, 1.82) is 0 Å². The second-order valence-corrected chi connectivity index (χ2v) is 6.27. The van der Waals surface area contributed by atoms with Gasteiger partial charge in [-0.15, -0.1) is 0 Å². The van der Waals surface area contributed by atoms with Gasteiger partial charge >= 0.3 is 0 Å². The van der Waals surface area contributed by atoms with Crippen molar-refractivity contribution in [3.05, 3.63) is 0 Å². The van der Waals surface area contributed by atoms with Crippen molar-refractivity contribution >= 4 is 0 Å². The first-order chi connectivity index (χ1) is 8.81. The molecule has 4 heteroatoms. The van der Waals surface area contributed by atoms with Crippen LogP contribution in [-0.2, 0) is 4.74 Å². The highest BCUT2D eigenvalue weighted by Crippen LogP contribution is 2.25. The lowest BCUT2D eigenvalue weighted by Crippen LogP contribution is -2.54. The summed E-state index contributed by atoms with van der Waals surface area (Å²) in [5.74, 6) is 0.883. The molecule has 104 valence electrons. The number of fused-ring (bicyclic) bond motifs is 1. The van der Waals surface area contributed by atoms with Crippen LogP contribution in [0.2, 0.25) is 0 Å². The Hall–Kier alpha value is -0.160. The van der Waals surface area contributed by atoms with Crippen LogP contribution in [-0.4, -0.2) is 74.9 Å². The summed E-state index contributed by atoms with van der Waals surface area (Å²) in [6.45, 7) is 7.99. The molecule has 18 heavy (non-hydrogen) atoms. The first kappa shape index (κ1) is 12.9. The van der Waals surface area contributed by atoms with Crippen molar-refractivity contribution in [3.63, 3.8) is 0 Å². The lowest BCUT2D eigenvalue weighted by molar-refractivity contribution is -0.0433. The Morgan fingerprint density at radius 3 is 3.06 bits per heavy atom. The molecule has 3 saturated heterocycles. The number of nitrogens with one attached hydrogen (secondary N) is 1. The number of likely N-dealkylation sites (N-methyl/N-ethyl adjacent to an activating group) is 1. The Morgan fingerprint density at radius 1 is 1.22 bits per heavy atom. The minimum atomic E-state index is 0.428. The maximum absolute atomic E-state index is 5.89. The summed E-state index contributed by atoms with van der Waals surface area (Å²) in [5.41, 5.74) is 0. The van der Waals surface area contributed by atoms with Crippen LogP contribution in [0.1, 0.15) is 19.3 Å². The zero-order valence-electron chi connectivity index (χ0n) is 11.6. The normalized spacial score (nSPS) is 39.5. The van der Waals surface area contributed by atoms with Crippen molar-refractivity contribution in [2.45, 2.75) is 31.4 Å². The van der Waals surface area contributed by atoms with Gasteiger partial charge in [0.2, 0.25) is 0 Å². The van der Waals surface area contributed by atoms with Gasteiger partial charge in [-0.25, -0.2) is 0 Å². The van der Waals surface area contributed by atoms with Gasteiger partial charge in [0.1, 0.15) is 0 Å². The smallest absolute Gasteiger partial charge is 0.0829 e. The minimum absolute atomic E-state index is 0.428. The first-order valence-corrected chi connectivity index (χ1v) is 7.57. The van der Waals surface area contributed by atoms with Crippen molar-refractivity contribution < 1.29 is 4.74 Å². The predicted molar refractivity (Wildman–Crippen MR) is 72.8 cm³/mol. The second-order valence-electron chi connectivity index (χ2n) is 6.27. The summed E-state index contributed by atoms with van der Waals surface area (Å²) in [5, 5.41) is 3.69. The van der Waals surface area contributed by atoms with Crippen molar-refractivity contribution in [2.75, 3.05) is 52.9 Å². The van der Waals surface area contributed by atoms with Gasteiger partial charge in [-0.05, 0) is 45.3 Å². The molecular weight excluding hydrogens is 226 g/mol. The monoisotopic (exact) mass is 253 g/mol. The van der Waals surface area contributed by atoms with Gasteiger partial charge in [0.15, 0.2) is 0 Å². The number of ether oxygens (including phenoxy) is 1. The fourth-order valence-corrected chi connectivity index (χ4v) is 3.75. The van der Waals surface area contributed by atoms with E-state index in [1.165, 1.54) is 38.9 Å². The number of piperidine rings is 2. The lowest BCUT2D eigenvalue weighted by atomic mass is 9.85. The third kappa shape index (κ3) is 3.05. The molecular formula is C14H27N3O. The molecule has 0 aromatic heterocycles. The van der Waals surface area contributed by atoms with Crippen LogP contribution in [0.25, 0.3) is 0 Å². The molecule has 0 aromatic carbocycles. The molecule has 4 nitrogen and oxygen atoms in total. The molecule has 0 bridgehead atoms. The minimum Gasteiger partial charge on any atom is -0.374 e. The molecule has 3 atom stereocenters. The summed E-state index contributed by atoms with van der Waals surface area (Å²) in [7, 11) is 2.20. The second kappa shape index (κ2) is 5.87. The van der Waals surface area contributed by atoms with E-state index in [0.717, 1.165) is 38.2 Å². The zero-order valence-corrected chi connectivity index (χ0v) is 11.6. The van der Waals surface area contributed by atoms with Crippen LogP contribution in [0, 0.1) is 5.92 Å². The van der Waals surface area contributed by atoms with Crippen molar-refractivity contribution in [2.24, 2.45) is 5.92 Å². The molecule has 0 aliphatic carbocycles. The highest BCUT2D eigenvalue weighted by Gasteiger charge is 2.32. The van der Waals surface area contributed by atoms with Gasteiger partial charge in [-0.1, -0.05) is 0 Å². The molecule has 3 heterocycles. The van der Waals surface area contributed by atoms with Crippen LogP contribution in [0.3, 0.4) is 0 Å². The summed E-state index contributed by atoms with van der Waals surface area (Å²) in [6.07, 6.45) is 4.53. The number of rotatable bonds is 2. The number of likely N-dealkylation sites (tertiary alicyclic amines) is 1. The summed E-state index contributed by atoms with van der Waals surface area (Å²) >= 11 is 0. The molecule has 0 spiro atoms. The van der Waals surface area contributed by atoms with Crippen LogP contribution in [0.15, 0.2) is 0 Å². The topological polar surface area (TPSA) is 27.7 Å². The van der Waals surface area contributed by atoms with E-state index in [1.54, 1.807) is 0 Å². The number of hydrogen-bond donors (Lipinski definition) is 1. The lowest BCUT2D eigenvalue weighted by Gasteiger charge is -2.43. The molecule has 0 radical (unpaired) electrons. The Bertz CT molecular complexity index is 274. The average molecular weight is 253 g/mol. The first-order valence-electron chi connectivity index (χ1n) is 7.57. The summed E-state index contributed by atoms with van der Waals surface area (Å²) in [4.78, 5) is 5.03. The third-order valence-electron chi connectivity index (χ3n) is 4.78. The highest BCUT2D eigenvalue weighted by molar-refractivity contribution is 4.89. The van der Waals surface area contributed by atoms with Gasteiger partial charge in [0.05, 0.1) is 12.7 Å².